The molecule has 0 N–H and O–H groups in total. The molecule has 14 heteroatoms. The molecule has 0 fully saturated rings. The molecule has 0 saturated carbocycles. The van der Waals surface area contributed by atoms with Crippen LogP contribution >= 0.6 is 0 Å². The second-order valence-corrected chi connectivity index (χ2v) is 8.27. The highest BCUT2D eigenvalue weighted by Crippen LogP contribution is 2.32. The third-order valence-corrected chi connectivity index (χ3v) is 5.99. The van der Waals surface area contributed by atoms with Gasteiger partial charge in [-0.3, -0.25) is 18.9 Å². The van der Waals surface area contributed by atoms with Gasteiger partial charge in [0.2, 0.25) is 0 Å². The summed E-state index contributed by atoms with van der Waals surface area (Å²) in [6.45, 7) is 1.71. The van der Waals surface area contributed by atoms with Crippen LogP contribution in [0.15, 0.2) is 35.1 Å². The Kier molecular flexibility index (Phi) is 7.07. The van der Waals surface area contributed by atoms with E-state index in [-0.39, 0.29) is 34.5 Å². The molecule has 10 nitrogen and oxygen atoms in total. The summed E-state index contributed by atoms with van der Waals surface area (Å²) in [5.41, 5.74) is -1.42. The smallest absolute Gasteiger partial charge is 0.323 e. The van der Waals surface area contributed by atoms with Crippen molar-refractivity contribution >= 4 is 23.2 Å². The Morgan fingerprint density at radius 2 is 1.91 bits per heavy atom. The van der Waals surface area contributed by atoms with Crippen molar-refractivity contribution in [3.05, 3.63) is 41.6 Å². The van der Waals surface area contributed by atoms with Gasteiger partial charge in [0.25, 0.3) is 0 Å². The number of aldehydes is 1. The molecule has 176 valence electrons. The van der Waals surface area contributed by atoms with Gasteiger partial charge in [-0.25, -0.2) is 9.97 Å². The molecule has 3 heterocycles. The van der Waals surface area contributed by atoms with Crippen LogP contribution in [0, 0.1) is 0 Å². The molecule has 0 aliphatic heterocycles. The summed E-state index contributed by atoms with van der Waals surface area (Å²) in [6.07, 6.45) is -0.802. The number of allylic oxidation sites excluding steroid dienone is 1. The Labute approximate surface area is 189 Å². The van der Waals surface area contributed by atoms with E-state index in [0.717, 1.165) is 14.2 Å². The van der Waals surface area contributed by atoms with Crippen molar-refractivity contribution in [2.24, 2.45) is 7.05 Å². The molecule has 0 bridgehead atoms. The number of alkyl halides is 3. The van der Waals surface area contributed by atoms with E-state index in [1.165, 1.54) is 28.8 Å². The van der Waals surface area contributed by atoms with Crippen molar-refractivity contribution in [3.8, 4) is 17.3 Å². The van der Waals surface area contributed by atoms with Gasteiger partial charge in [0.15, 0.2) is 17.9 Å². The summed E-state index contributed by atoms with van der Waals surface area (Å²) in [5, 5.41) is 8.52. The van der Waals surface area contributed by atoms with Gasteiger partial charge in [-0.15, -0.1) is 4.80 Å². The summed E-state index contributed by atoms with van der Waals surface area (Å²) in [6, 6.07) is 3.12. The van der Waals surface area contributed by atoms with Gasteiger partial charge in [0.05, 0.1) is 40.9 Å². The molecular formula is C19H20F3N7O3S. The standard InChI is InChI=1S/C19H20F3N7O3S/c1-5-33(31)14-6-7-16(29-23-8-9-24-29)26-17(14)18-25-12(13(11-30)27(18)2)10-15(19(20,21)22)28(3)32-4/h6-11H,5H2,1-4H3/b15-10-. The highest BCUT2D eigenvalue weighted by molar-refractivity contribution is 7.85. The van der Waals surface area contributed by atoms with Gasteiger partial charge in [-0.1, -0.05) is 6.92 Å². The van der Waals surface area contributed by atoms with Gasteiger partial charge in [0, 0.05) is 19.8 Å². The van der Waals surface area contributed by atoms with E-state index < -0.39 is 22.7 Å². The van der Waals surface area contributed by atoms with Crippen LogP contribution in [0.5, 0.6) is 0 Å². The minimum Gasteiger partial charge on any atom is -0.323 e. The number of halogens is 3. The third-order valence-electron chi connectivity index (χ3n) is 4.64. The Hall–Kier alpha value is -3.39. The summed E-state index contributed by atoms with van der Waals surface area (Å²) >= 11 is 0. The van der Waals surface area contributed by atoms with Crippen molar-refractivity contribution < 1.29 is 27.0 Å². The Morgan fingerprint density at radius 1 is 1.24 bits per heavy atom. The van der Waals surface area contributed by atoms with E-state index in [1.54, 1.807) is 19.1 Å². The maximum atomic E-state index is 13.6. The Balaban J connectivity index is 2.27. The quantitative estimate of drug-likeness (QED) is 0.355. The van der Waals surface area contributed by atoms with Crippen LogP contribution in [0.2, 0.25) is 0 Å². The molecule has 0 saturated heterocycles. The van der Waals surface area contributed by atoms with E-state index in [0.29, 0.717) is 22.3 Å². The predicted octanol–water partition coefficient (Wildman–Crippen LogP) is 2.40. The first-order valence-corrected chi connectivity index (χ1v) is 10.8. The minimum absolute atomic E-state index is 0.0516. The Morgan fingerprint density at radius 3 is 2.45 bits per heavy atom. The highest BCUT2D eigenvalue weighted by atomic mass is 32.2. The lowest BCUT2D eigenvalue weighted by atomic mass is 10.2. The molecule has 0 radical (unpaired) electrons. The molecule has 0 aliphatic rings. The normalized spacial score (nSPS) is 13.2. The van der Waals surface area contributed by atoms with E-state index in [9.17, 15) is 22.2 Å². The maximum absolute atomic E-state index is 13.6. The number of imidazole rings is 1. The van der Waals surface area contributed by atoms with Crippen LogP contribution in [0.25, 0.3) is 23.4 Å². The third kappa shape index (κ3) is 4.85. The highest BCUT2D eigenvalue weighted by Gasteiger charge is 2.37. The number of rotatable bonds is 8. The van der Waals surface area contributed by atoms with Crippen molar-refractivity contribution in [1.29, 1.82) is 0 Å². The predicted molar refractivity (Wildman–Crippen MR) is 112 cm³/mol. The lowest BCUT2D eigenvalue weighted by Crippen LogP contribution is -2.27. The number of pyridine rings is 1. The zero-order valence-corrected chi connectivity index (χ0v) is 18.9. The fourth-order valence-corrected chi connectivity index (χ4v) is 3.83. The van der Waals surface area contributed by atoms with Crippen LogP contribution in [-0.2, 0) is 22.7 Å². The van der Waals surface area contributed by atoms with E-state index >= 15 is 0 Å². The number of hydrogen-bond acceptors (Lipinski definition) is 8. The molecule has 1 unspecified atom stereocenters. The van der Waals surface area contributed by atoms with Gasteiger partial charge in [0.1, 0.15) is 17.1 Å². The second-order valence-electron chi connectivity index (χ2n) is 6.56. The zero-order chi connectivity index (χ0) is 24.3. The number of hydroxylamine groups is 2. The van der Waals surface area contributed by atoms with Crippen LogP contribution < -0.4 is 0 Å². The van der Waals surface area contributed by atoms with Crippen molar-refractivity contribution in [3.63, 3.8) is 0 Å². The molecule has 0 aliphatic carbocycles. The summed E-state index contributed by atoms with van der Waals surface area (Å²) in [7, 11) is 2.13. The molecule has 3 aromatic heterocycles. The molecule has 3 rings (SSSR count). The lowest BCUT2D eigenvalue weighted by molar-refractivity contribution is -0.168. The van der Waals surface area contributed by atoms with Gasteiger partial charge in [-0.2, -0.15) is 23.4 Å². The van der Waals surface area contributed by atoms with Crippen molar-refractivity contribution in [2.45, 2.75) is 18.0 Å². The van der Waals surface area contributed by atoms with Gasteiger partial charge < -0.3 is 4.57 Å². The van der Waals surface area contributed by atoms with Crippen LogP contribution in [0.3, 0.4) is 0 Å². The average Bonchev–Trinajstić information content (AvgIpc) is 3.43. The fourth-order valence-electron chi connectivity index (χ4n) is 2.95. The molecular weight excluding hydrogens is 463 g/mol. The van der Waals surface area contributed by atoms with Crippen LogP contribution in [0.4, 0.5) is 13.2 Å². The largest absolute Gasteiger partial charge is 0.433 e. The molecule has 0 aromatic carbocycles. The number of nitrogens with zero attached hydrogens (tertiary/aromatic N) is 7. The topological polar surface area (TPSA) is 108 Å². The number of hydrogen-bond donors (Lipinski definition) is 0. The van der Waals surface area contributed by atoms with E-state index in [1.807, 2.05) is 0 Å². The monoisotopic (exact) mass is 483 g/mol. The fraction of sp³-hybridized carbons (Fsp3) is 0.316. The first kappa shape index (κ1) is 24.3. The summed E-state index contributed by atoms with van der Waals surface area (Å²) in [5.74, 6) is 0.591. The van der Waals surface area contributed by atoms with E-state index in [4.69, 9.17) is 0 Å². The number of aromatic nitrogens is 6. The molecule has 0 spiro atoms. The van der Waals surface area contributed by atoms with Crippen LogP contribution in [0.1, 0.15) is 23.1 Å². The average molecular weight is 483 g/mol. The first-order chi connectivity index (χ1) is 15.6. The van der Waals surface area contributed by atoms with Crippen molar-refractivity contribution in [2.75, 3.05) is 19.9 Å². The summed E-state index contributed by atoms with van der Waals surface area (Å²) < 4.78 is 54.6. The van der Waals surface area contributed by atoms with E-state index in [2.05, 4.69) is 25.0 Å². The molecule has 33 heavy (non-hydrogen) atoms. The second kappa shape index (κ2) is 9.62. The number of carbonyl (C=O) groups excluding carboxylic acids is 1. The Bertz CT molecular complexity index is 1210. The number of carbonyl (C=O) groups is 1. The molecule has 0 amide bonds. The van der Waals surface area contributed by atoms with Gasteiger partial charge in [-0.05, 0) is 18.2 Å². The molecule has 3 aromatic rings. The van der Waals surface area contributed by atoms with Crippen LogP contribution in [-0.4, -0.2) is 71.2 Å². The molecule has 1 atom stereocenters. The lowest BCUT2D eigenvalue weighted by Gasteiger charge is -2.21. The van der Waals surface area contributed by atoms with Gasteiger partial charge >= 0.3 is 6.18 Å². The maximum Gasteiger partial charge on any atom is 0.433 e. The SMILES string of the molecule is CCS(=O)c1ccc(-n2nccn2)nc1-c1nc(/C=C(\N(C)OC)C(F)(F)F)c(C=O)n1C. The summed E-state index contributed by atoms with van der Waals surface area (Å²) in [4.78, 5) is 26.7. The minimum atomic E-state index is -4.78. The first-order valence-electron chi connectivity index (χ1n) is 9.47. The van der Waals surface area contributed by atoms with Crippen molar-refractivity contribution in [1.82, 2.24) is 34.6 Å². The zero-order valence-electron chi connectivity index (χ0n) is 18.1.